The molecule has 6 heteroatoms. The molecular formula is C40H25N5O. The average molecular weight is 592 g/mol. The number of hydrogen-bond donors (Lipinski definition) is 0. The van der Waals surface area contributed by atoms with Gasteiger partial charge in [0.1, 0.15) is 16.8 Å². The minimum Gasteiger partial charge on any atom is -0.456 e. The number of nitrogens with zero attached hydrogens (tertiary/aromatic N) is 5. The second-order valence-corrected chi connectivity index (χ2v) is 11.1. The van der Waals surface area contributed by atoms with E-state index >= 15 is 0 Å². The van der Waals surface area contributed by atoms with Crippen molar-refractivity contribution in [1.29, 1.82) is 0 Å². The number of fused-ring (bicyclic) bond motifs is 4. The van der Waals surface area contributed by atoms with Crippen LogP contribution in [0.5, 0.6) is 0 Å². The number of imidazole rings is 1. The molecule has 0 radical (unpaired) electrons. The van der Waals surface area contributed by atoms with Crippen molar-refractivity contribution in [3.8, 4) is 56.7 Å². The molecule has 0 amide bonds. The smallest absolute Gasteiger partial charge is 0.164 e. The minimum absolute atomic E-state index is 0.600. The van der Waals surface area contributed by atoms with Crippen LogP contribution in [0.2, 0.25) is 0 Å². The molecule has 5 aromatic carbocycles. The molecule has 6 nitrogen and oxygen atoms in total. The van der Waals surface area contributed by atoms with Gasteiger partial charge in [-0.1, -0.05) is 115 Å². The highest BCUT2D eigenvalue weighted by Gasteiger charge is 2.21. The van der Waals surface area contributed by atoms with Crippen molar-refractivity contribution in [1.82, 2.24) is 24.3 Å². The predicted octanol–water partition coefficient (Wildman–Crippen LogP) is 9.75. The van der Waals surface area contributed by atoms with Crippen LogP contribution >= 0.6 is 0 Å². The van der Waals surface area contributed by atoms with Crippen molar-refractivity contribution in [2.24, 2.45) is 0 Å². The van der Waals surface area contributed by atoms with Gasteiger partial charge in [-0.3, -0.25) is 4.40 Å². The number of pyridine rings is 1. The third-order valence-electron chi connectivity index (χ3n) is 8.28. The first-order valence-corrected chi connectivity index (χ1v) is 15.2. The van der Waals surface area contributed by atoms with Crippen molar-refractivity contribution in [3.05, 3.63) is 152 Å². The molecule has 46 heavy (non-hydrogen) atoms. The Kier molecular flexibility index (Phi) is 6.03. The zero-order valence-corrected chi connectivity index (χ0v) is 24.6. The van der Waals surface area contributed by atoms with E-state index < -0.39 is 0 Å². The largest absolute Gasteiger partial charge is 0.456 e. The molecule has 4 heterocycles. The fourth-order valence-corrected chi connectivity index (χ4v) is 6.17. The van der Waals surface area contributed by atoms with Crippen LogP contribution in [-0.4, -0.2) is 24.3 Å². The summed E-state index contributed by atoms with van der Waals surface area (Å²) in [6, 6.07) is 48.9. The number of hydrogen-bond acceptors (Lipinski definition) is 5. The Balaban J connectivity index is 1.26. The highest BCUT2D eigenvalue weighted by molar-refractivity contribution is 6.13. The molecule has 0 aliphatic rings. The van der Waals surface area contributed by atoms with Gasteiger partial charge in [0.05, 0.1) is 11.4 Å². The number of aromatic nitrogens is 5. The number of rotatable bonds is 5. The fourth-order valence-electron chi connectivity index (χ4n) is 6.17. The van der Waals surface area contributed by atoms with Crippen molar-refractivity contribution >= 4 is 27.6 Å². The monoisotopic (exact) mass is 591 g/mol. The van der Waals surface area contributed by atoms with E-state index in [4.69, 9.17) is 24.4 Å². The van der Waals surface area contributed by atoms with Crippen LogP contribution in [0.3, 0.4) is 0 Å². The van der Waals surface area contributed by atoms with E-state index in [1.807, 2.05) is 115 Å². The van der Waals surface area contributed by atoms with Gasteiger partial charge in [-0.2, -0.15) is 0 Å². The fraction of sp³-hybridized carbons (Fsp3) is 0. The van der Waals surface area contributed by atoms with Gasteiger partial charge in [-0.05, 0) is 30.3 Å². The van der Waals surface area contributed by atoms with Gasteiger partial charge in [0.25, 0.3) is 0 Å². The normalized spacial score (nSPS) is 11.5. The summed E-state index contributed by atoms with van der Waals surface area (Å²) in [6.07, 6.45) is 2.07. The molecule has 216 valence electrons. The molecule has 0 saturated heterocycles. The van der Waals surface area contributed by atoms with Gasteiger partial charge in [-0.15, -0.1) is 0 Å². The van der Waals surface area contributed by atoms with Gasteiger partial charge in [0, 0.05) is 44.8 Å². The molecule has 9 aromatic rings. The lowest BCUT2D eigenvalue weighted by atomic mass is 9.99. The SMILES string of the molecule is c1ccc(-c2nc(-c3ccccc3)nc(-c3cccc(-c4nc5ccccn5c4-c4cccc5oc6ccccc6c45)c3)n2)cc1. The summed E-state index contributed by atoms with van der Waals surface area (Å²) in [6.45, 7) is 0. The van der Waals surface area contributed by atoms with Crippen LogP contribution in [0, 0.1) is 0 Å². The van der Waals surface area contributed by atoms with E-state index in [1.54, 1.807) is 0 Å². The molecule has 0 N–H and O–H groups in total. The lowest BCUT2D eigenvalue weighted by molar-refractivity contribution is 0.669. The lowest BCUT2D eigenvalue weighted by Crippen LogP contribution is -2.00. The molecule has 0 aliphatic carbocycles. The van der Waals surface area contributed by atoms with Crippen LogP contribution in [-0.2, 0) is 0 Å². The maximum Gasteiger partial charge on any atom is 0.164 e. The summed E-state index contributed by atoms with van der Waals surface area (Å²) in [5.41, 5.74) is 9.19. The quantitative estimate of drug-likeness (QED) is 0.199. The van der Waals surface area contributed by atoms with Crippen molar-refractivity contribution < 1.29 is 4.42 Å². The molecule has 0 unspecified atom stereocenters. The third-order valence-corrected chi connectivity index (χ3v) is 8.28. The van der Waals surface area contributed by atoms with Gasteiger partial charge in [-0.25, -0.2) is 19.9 Å². The standard InChI is InChI=1S/C40H25N5O/c1-3-13-26(14-4-1)38-42-39(27-15-5-2-6-16-27)44-40(43-38)29-18-11-17-28(25-29)36-37(45-24-10-9-23-34(45)41-36)31-20-12-22-33-35(31)30-19-7-8-21-32(30)46-33/h1-25H. The number of benzene rings is 5. The number of para-hydroxylation sites is 1. The van der Waals surface area contributed by atoms with Crippen LogP contribution < -0.4 is 0 Å². The molecule has 4 aromatic heterocycles. The first kappa shape index (κ1) is 26.0. The van der Waals surface area contributed by atoms with Gasteiger partial charge >= 0.3 is 0 Å². The summed E-state index contributed by atoms with van der Waals surface area (Å²) in [5.74, 6) is 1.85. The van der Waals surface area contributed by atoms with Crippen LogP contribution in [0.15, 0.2) is 156 Å². The summed E-state index contributed by atoms with van der Waals surface area (Å²) in [7, 11) is 0. The molecule has 0 atom stereocenters. The predicted molar refractivity (Wildman–Crippen MR) is 183 cm³/mol. The summed E-state index contributed by atoms with van der Waals surface area (Å²) >= 11 is 0. The Hall–Kier alpha value is -6.40. The molecule has 0 aliphatic heterocycles. The second kappa shape index (κ2) is 10.6. The zero-order chi connectivity index (χ0) is 30.5. The van der Waals surface area contributed by atoms with Crippen molar-refractivity contribution in [3.63, 3.8) is 0 Å². The van der Waals surface area contributed by atoms with Crippen LogP contribution in [0.1, 0.15) is 0 Å². The van der Waals surface area contributed by atoms with Gasteiger partial charge in [0.15, 0.2) is 17.5 Å². The molecule has 9 rings (SSSR count). The molecule has 0 spiro atoms. The maximum atomic E-state index is 6.27. The summed E-state index contributed by atoms with van der Waals surface area (Å²) in [5, 5.41) is 2.14. The Morgan fingerprint density at radius 1 is 0.457 bits per heavy atom. The summed E-state index contributed by atoms with van der Waals surface area (Å²) < 4.78 is 8.42. The molecule has 0 bridgehead atoms. The topological polar surface area (TPSA) is 69.1 Å². The van der Waals surface area contributed by atoms with E-state index in [1.165, 1.54) is 0 Å². The Morgan fingerprint density at radius 2 is 1.04 bits per heavy atom. The van der Waals surface area contributed by atoms with Crippen molar-refractivity contribution in [2.45, 2.75) is 0 Å². The first-order chi connectivity index (χ1) is 22.8. The Morgan fingerprint density at radius 3 is 1.80 bits per heavy atom. The van der Waals surface area contributed by atoms with Crippen LogP contribution in [0.4, 0.5) is 0 Å². The third kappa shape index (κ3) is 4.35. The molecule has 0 fully saturated rings. The van der Waals surface area contributed by atoms with E-state index in [0.717, 1.165) is 66.8 Å². The minimum atomic E-state index is 0.600. The van der Waals surface area contributed by atoms with Crippen molar-refractivity contribution in [2.75, 3.05) is 0 Å². The van der Waals surface area contributed by atoms with E-state index in [9.17, 15) is 0 Å². The van der Waals surface area contributed by atoms with Gasteiger partial charge in [0.2, 0.25) is 0 Å². The van der Waals surface area contributed by atoms with Crippen LogP contribution in [0.25, 0.3) is 84.3 Å². The highest BCUT2D eigenvalue weighted by atomic mass is 16.3. The number of furan rings is 1. The Bertz CT molecular complexity index is 2480. The van der Waals surface area contributed by atoms with Gasteiger partial charge < -0.3 is 4.42 Å². The summed E-state index contributed by atoms with van der Waals surface area (Å²) in [4.78, 5) is 20.0. The highest BCUT2D eigenvalue weighted by Crippen LogP contribution is 2.41. The second-order valence-electron chi connectivity index (χ2n) is 11.1. The zero-order valence-electron chi connectivity index (χ0n) is 24.6. The molecule has 0 saturated carbocycles. The average Bonchev–Trinajstić information content (AvgIpc) is 3.71. The van der Waals surface area contributed by atoms with E-state index in [0.29, 0.717) is 17.5 Å². The van der Waals surface area contributed by atoms with E-state index in [-0.39, 0.29) is 0 Å². The Labute approximate surface area is 264 Å². The molecular weight excluding hydrogens is 566 g/mol. The van der Waals surface area contributed by atoms with E-state index in [2.05, 4.69) is 40.9 Å². The first-order valence-electron chi connectivity index (χ1n) is 15.2. The maximum absolute atomic E-state index is 6.27. The lowest BCUT2D eigenvalue weighted by Gasteiger charge is -2.10.